The average Bonchev–Trinajstić information content (AvgIpc) is 3.08. The second-order valence-corrected chi connectivity index (χ2v) is 6.62. The van der Waals surface area contributed by atoms with Gasteiger partial charge in [-0.15, -0.1) is 0 Å². The molecule has 0 saturated carbocycles. The molecule has 0 aliphatic carbocycles. The Morgan fingerprint density at radius 2 is 2.08 bits per heavy atom. The molecule has 0 spiro atoms. The van der Waals surface area contributed by atoms with Gasteiger partial charge in [0, 0.05) is 24.9 Å². The molecule has 1 unspecified atom stereocenters. The van der Waals surface area contributed by atoms with Crippen molar-refractivity contribution in [3.63, 3.8) is 0 Å². The molecule has 1 aromatic carbocycles. The molecule has 3 rings (SSSR count). The Hall–Kier alpha value is -2.14. The lowest BCUT2D eigenvalue weighted by Gasteiger charge is -2.17. The quantitative estimate of drug-likeness (QED) is 0.831. The van der Waals surface area contributed by atoms with Gasteiger partial charge < -0.3 is 15.4 Å². The molecular formula is C19H26N4O. The fourth-order valence-electron chi connectivity index (χ4n) is 3.02. The van der Waals surface area contributed by atoms with Gasteiger partial charge in [-0.3, -0.25) is 0 Å². The Balaban J connectivity index is 1.73. The maximum Gasteiger partial charge on any atom is 0.135 e. The van der Waals surface area contributed by atoms with Crippen LogP contribution in [0.5, 0.6) is 0 Å². The van der Waals surface area contributed by atoms with Gasteiger partial charge >= 0.3 is 0 Å². The summed E-state index contributed by atoms with van der Waals surface area (Å²) in [5.74, 6) is 2.07. The minimum atomic E-state index is 0.292. The SMILES string of the molecule is Cc1cccc(C(C)C)c1Nc1cc(NCC2CCCO2)ncn1. The monoisotopic (exact) mass is 326 g/mol. The number of aromatic nitrogens is 2. The fraction of sp³-hybridized carbons (Fsp3) is 0.474. The number of anilines is 3. The van der Waals surface area contributed by atoms with Gasteiger partial charge in [0.1, 0.15) is 18.0 Å². The van der Waals surface area contributed by atoms with Crippen LogP contribution in [0, 0.1) is 6.92 Å². The normalized spacial score (nSPS) is 17.2. The number of rotatable bonds is 6. The van der Waals surface area contributed by atoms with E-state index in [0.717, 1.165) is 43.3 Å². The first-order chi connectivity index (χ1) is 11.6. The van der Waals surface area contributed by atoms with E-state index in [1.807, 2.05) is 6.07 Å². The van der Waals surface area contributed by atoms with Crippen molar-refractivity contribution >= 4 is 17.3 Å². The van der Waals surface area contributed by atoms with E-state index in [0.29, 0.717) is 12.0 Å². The summed E-state index contributed by atoms with van der Waals surface area (Å²) in [6, 6.07) is 8.33. The summed E-state index contributed by atoms with van der Waals surface area (Å²) in [7, 11) is 0. The van der Waals surface area contributed by atoms with Crippen LogP contribution in [-0.2, 0) is 4.74 Å². The zero-order valence-corrected chi connectivity index (χ0v) is 14.7. The number of ether oxygens (including phenoxy) is 1. The summed E-state index contributed by atoms with van der Waals surface area (Å²) in [6.07, 6.45) is 4.14. The van der Waals surface area contributed by atoms with E-state index in [4.69, 9.17) is 4.74 Å². The summed E-state index contributed by atoms with van der Waals surface area (Å²) in [5.41, 5.74) is 3.65. The maximum atomic E-state index is 5.64. The molecule has 1 saturated heterocycles. The highest BCUT2D eigenvalue weighted by Gasteiger charge is 2.15. The predicted molar refractivity (Wildman–Crippen MR) is 98.0 cm³/mol. The number of hydrogen-bond acceptors (Lipinski definition) is 5. The Kier molecular flexibility index (Phi) is 5.30. The third-order valence-electron chi connectivity index (χ3n) is 4.38. The Labute approximate surface area is 143 Å². The third-order valence-corrected chi connectivity index (χ3v) is 4.38. The fourth-order valence-corrected chi connectivity index (χ4v) is 3.02. The highest BCUT2D eigenvalue weighted by molar-refractivity contribution is 5.66. The van der Waals surface area contributed by atoms with Crippen molar-refractivity contribution in [2.24, 2.45) is 0 Å². The van der Waals surface area contributed by atoms with Gasteiger partial charge in [0.25, 0.3) is 0 Å². The Bertz CT molecular complexity index is 681. The minimum absolute atomic E-state index is 0.292. The third kappa shape index (κ3) is 4.03. The largest absolute Gasteiger partial charge is 0.376 e. The van der Waals surface area contributed by atoms with Gasteiger partial charge in [0.15, 0.2) is 0 Å². The molecule has 24 heavy (non-hydrogen) atoms. The summed E-state index contributed by atoms with van der Waals surface area (Å²) in [6.45, 7) is 8.18. The van der Waals surface area contributed by atoms with Crippen LogP contribution in [0.2, 0.25) is 0 Å². The number of hydrogen-bond donors (Lipinski definition) is 2. The summed E-state index contributed by atoms with van der Waals surface area (Å²) < 4.78 is 5.64. The van der Waals surface area contributed by atoms with Crippen LogP contribution >= 0.6 is 0 Å². The van der Waals surface area contributed by atoms with Crippen molar-refractivity contribution in [3.8, 4) is 0 Å². The van der Waals surface area contributed by atoms with E-state index in [-0.39, 0.29) is 0 Å². The predicted octanol–water partition coefficient (Wildman–Crippen LogP) is 4.24. The van der Waals surface area contributed by atoms with Crippen molar-refractivity contribution < 1.29 is 4.74 Å². The van der Waals surface area contributed by atoms with Gasteiger partial charge in [-0.2, -0.15) is 0 Å². The second-order valence-electron chi connectivity index (χ2n) is 6.62. The summed E-state index contributed by atoms with van der Waals surface area (Å²) >= 11 is 0. The number of benzene rings is 1. The van der Waals surface area contributed by atoms with Crippen LogP contribution < -0.4 is 10.6 Å². The van der Waals surface area contributed by atoms with Crippen molar-refractivity contribution in [2.75, 3.05) is 23.8 Å². The van der Waals surface area contributed by atoms with E-state index < -0.39 is 0 Å². The summed E-state index contributed by atoms with van der Waals surface area (Å²) in [4.78, 5) is 8.67. The van der Waals surface area contributed by atoms with Gasteiger partial charge in [0.05, 0.1) is 6.10 Å². The second kappa shape index (κ2) is 7.62. The topological polar surface area (TPSA) is 59.1 Å². The molecular weight excluding hydrogens is 300 g/mol. The maximum absolute atomic E-state index is 5.64. The van der Waals surface area contributed by atoms with E-state index >= 15 is 0 Å². The lowest BCUT2D eigenvalue weighted by atomic mass is 9.98. The molecule has 1 atom stereocenters. The van der Waals surface area contributed by atoms with Crippen LogP contribution in [0.25, 0.3) is 0 Å². The smallest absolute Gasteiger partial charge is 0.135 e. The molecule has 2 N–H and O–H groups in total. The molecule has 128 valence electrons. The molecule has 0 bridgehead atoms. The zero-order chi connectivity index (χ0) is 16.9. The Morgan fingerprint density at radius 1 is 1.25 bits per heavy atom. The van der Waals surface area contributed by atoms with E-state index in [1.54, 1.807) is 6.33 Å². The van der Waals surface area contributed by atoms with E-state index in [1.165, 1.54) is 11.1 Å². The van der Waals surface area contributed by atoms with E-state index in [9.17, 15) is 0 Å². The molecule has 1 fully saturated rings. The van der Waals surface area contributed by atoms with E-state index in [2.05, 4.69) is 59.6 Å². The van der Waals surface area contributed by atoms with Crippen molar-refractivity contribution in [3.05, 3.63) is 41.7 Å². The molecule has 1 aromatic heterocycles. The molecule has 5 heteroatoms. The molecule has 2 aromatic rings. The highest BCUT2D eigenvalue weighted by atomic mass is 16.5. The highest BCUT2D eigenvalue weighted by Crippen LogP contribution is 2.30. The lowest BCUT2D eigenvalue weighted by Crippen LogP contribution is -2.19. The first-order valence-electron chi connectivity index (χ1n) is 8.67. The molecule has 1 aliphatic heterocycles. The van der Waals surface area contributed by atoms with Crippen LogP contribution in [0.3, 0.4) is 0 Å². The molecule has 0 radical (unpaired) electrons. The standard InChI is InChI=1S/C19H26N4O/c1-13(2)16-8-4-6-14(3)19(16)23-18-10-17(21-12-22-18)20-11-15-7-5-9-24-15/h4,6,8,10,12-13,15H,5,7,9,11H2,1-3H3,(H2,20,21,22,23). The van der Waals surface area contributed by atoms with Crippen molar-refractivity contribution in [2.45, 2.75) is 45.6 Å². The number of nitrogens with zero attached hydrogens (tertiary/aromatic N) is 2. The molecule has 2 heterocycles. The molecule has 0 amide bonds. The van der Waals surface area contributed by atoms with Gasteiger partial charge in [-0.05, 0) is 36.8 Å². The minimum Gasteiger partial charge on any atom is -0.376 e. The van der Waals surface area contributed by atoms with Gasteiger partial charge in [-0.1, -0.05) is 32.0 Å². The van der Waals surface area contributed by atoms with Crippen molar-refractivity contribution in [1.82, 2.24) is 9.97 Å². The van der Waals surface area contributed by atoms with Gasteiger partial charge in [0.2, 0.25) is 0 Å². The first kappa shape index (κ1) is 16.7. The lowest BCUT2D eigenvalue weighted by molar-refractivity contribution is 0.120. The van der Waals surface area contributed by atoms with Crippen molar-refractivity contribution in [1.29, 1.82) is 0 Å². The van der Waals surface area contributed by atoms with Crippen LogP contribution in [0.1, 0.15) is 43.7 Å². The summed E-state index contributed by atoms with van der Waals surface area (Å²) in [5, 5.41) is 6.82. The van der Waals surface area contributed by atoms with Gasteiger partial charge in [-0.25, -0.2) is 9.97 Å². The Morgan fingerprint density at radius 3 is 2.83 bits per heavy atom. The van der Waals surface area contributed by atoms with Crippen LogP contribution in [-0.4, -0.2) is 29.2 Å². The zero-order valence-electron chi connectivity index (χ0n) is 14.7. The van der Waals surface area contributed by atoms with Crippen LogP contribution in [0.4, 0.5) is 17.3 Å². The number of aryl methyl sites for hydroxylation is 1. The first-order valence-corrected chi connectivity index (χ1v) is 8.67. The van der Waals surface area contributed by atoms with Crippen LogP contribution in [0.15, 0.2) is 30.6 Å². The average molecular weight is 326 g/mol. The molecule has 5 nitrogen and oxygen atoms in total. The number of para-hydroxylation sites is 1. The number of nitrogens with one attached hydrogen (secondary N) is 2. The molecule has 1 aliphatic rings.